The number of hydrogen-bond acceptors (Lipinski definition) is 5. The summed E-state index contributed by atoms with van der Waals surface area (Å²) in [5.74, 6) is 0.635. The van der Waals surface area contributed by atoms with Crippen LogP contribution in [0.15, 0.2) is 21.6 Å². The maximum Gasteiger partial charge on any atom is 0.276 e. The van der Waals surface area contributed by atoms with Crippen molar-refractivity contribution in [2.45, 2.75) is 37.4 Å². The molecule has 21 heavy (non-hydrogen) atoms. The van der Waals surface area contributed by atoms with Crippen LogP contribution in [0.25, 0.3) is 0 Å². The van der Waals surface area contributed by atoms with Crippen molar-refractivity contribution in [3.63, 3.8) is 0 Å². The second-order valence-corrected chi connectivity index (χ2v) is 7.37. The van der Waals surface area contributed by atoms with Gasteiger partial charge in [0.25, 0.3) is 10.0 Å². The van der Waals surface area contributed by atoms with Gasteiger partial charge in [-0.25, -0.2) is 8.42 Å². The van der Waals surface area contributed by atoms with Gasteiger partial charge in [0, 0.05) is 19.1 Å². The van der Waals surface area contributed by atoms with E-state index in [9.17, 15) is 8.42 Å². The lowest BCUT2D eigenvalue weighted by molar-refractivity contribution is 0.265. The summed E-state index contributed by atoms with van der Waals surface area (Å²) in [7, 11) is 0.283. The first-order valence-corrected chi connectivity index (χ1v) is 8.86. The molecule has 2 heterocycles. The third-order valence-corrected chi connectivity index (χ3v) is 5.70. The highest BCUT2D eigenvalue weighted by Crippen LogP contribution is 2.24. The van der Waals surface area contributed by atoms with Crippen molar-refractivity contribution in [2.75, 3.05) is 33.7 Å². The molecule has 6 nitrogen and oxygen atoms in total. The minimum Gasteiger partial charge on any atom is -0.447 e. The van der Waals surface area contributed by atoms with E-state index in [0.29, 0.717) is 18.8 Å². The Morgan fingerprint density at radius 1 is 1.38 bits per heavy atom. The zero-order valence-corrected chi connectivity index (χ0v) is 13.8. The Kier molecular flexibility index (Phi) is 5.43. The van der Waals surface area contributed by atoms with Gasteiger partial charge in [-0.3, -0.25) is 0 Å². The van der Waals surface area contributed by atoms with Crippen molar-refractivity contribution < 1.29 is 12.8 Å². The highest BCUT2D eigenvalue weighted by Gasteiger charge is 2.34. The first kappa shape index (κ1) is 16.5. The van der Waals surface area contributed by atoms with Crippen LogP contribution in [-0.2, 0) is 16.6 Å². The molecule has 7 heteroatoms. The van der Waals surface area contributed by atoms with E-state index in [4.69, 9.17) is 4.42 Å². The fraction of sp³-hybridized carbons (Fsp3) is 0.714. The Balaban J connectivity index is 2.27. The van der Waals surface area contributed by atoms with Crippen LogP contribution in [0.1, 0.15) is 25.5 Å². The van der Waals surface area contributed by atoms with Gasteiger partial charge < -0.3 is 14.6 Å². The summed E-state index contributed by atoms with van der Waals surface area (Å²) in [4.78, 5) is 2.19. The predicted molar refractivity (Wildman–Crippen MR) is 81.6 cm³/mol. The van der Waals surface area contributed by atoms with Crippen LogP contribution < -0.4 is 5.32 Å². The van der Waals surface area contributed by atoms with E-state index in [1.165, 1.54) is 0 Å². The standard InChI is InChI=1S/C14H25N3O3S/c1-4-12-11-16(3)8-5-9-17(12)21(18,19)14-7-6-13(20-14)10-15-2/h6-7,12,15H,4-5,8-11H2,1-3H3. The van der Waals surface area contributed by atoms with Gasteiger partial charge in [0.15, 0.2) is 0 Å². The van der Waals surface area contributed by atoms with Gasteiger partial charge in [0.2, 0.25) is 5.09 Å². The number of hydrogen-bond donors (Lipinski definition) is 1. The second-order valence-electron chi connectivity index (χ2n) is 5.54. The fourth-order valence-corrected chi connectivity index (χ4v) is 4.41. The minimum absolute atomic E-state index is 0.000324. The van der Waals surface area contributed by atoms with Gasteiger partial charge in [-0.15, -0.1) is 0 Å². The third-order valence-electron chi connectivity index (χ3n) is 3.87. The largest absolute Gasteiger partial charge is 0.447 e. The maximum absolute atomic E-state index is 12.8. The molecule has 1 aliphatic heterocycles. The molecule has 1 saturated heterocycles. The normalized spacial score (nSPS) is 22.3. The molecule has 0 aromatic carbocycles. The lowest BCUT2D eigenvalue weighted by Crippen LogP contribution is -2.43. The molecule has 0 amide bonds. The Morgan fingerprint density at radius 2 is 2.14 bits per heavy atom. The Bertz CT molecular complexity index is 556. The van der Waals surface area contributed by atoms with Crippen molar-refractivity contribution >= 4 is 10.0 Å². The molecular weight excluding hydrogens is 290 g/mol. The molecule has 0 aliphatic carbocycles. The molecule has 0 spiro atoms. The summed E-state index contributed by atoms with van der Waals surface area (Å²) in [5.41, 5.74) is 0. The second kappa shape index (κ2) is 6.91. The number of nitrogens with zero attached hydrogens (tertiary/aromatic N) is 2. The zero-order valence-electron chi connectivity index (χ0n) is 13.0. The Morgan fingerprint density at radius 3 is 2.81 bits per heavy atom. The summed E-state index contributed by atoms with van der Waals surface area (Å²) in [6.45, 7) is 4.79. The molecule has 0 bridgehead atoms. The number of likely N-dealkylation sites (N-methyl/N-ethyl adjacent to an activating group) is 1. The van der Waals surface area contributed by atoms with Gasteiger partial charge in [-0.1, -0.05) is 6.92 Å². The molecule has 1 aliphatic rings. The molecule has 2 rings (SSSR count). The summed E-state index contributed by atoms with van der Waals surface area (Å²) in [5, 5.41) is 3.01. The van der Waals surface area contributed by atoms with Crippen LogP contribution in [0.3, 0.4) is 0 Å². The van der Waals surface area contributed by atoms with Gasteiger partial charge in [0.05, 0.1) is 6.54 Å². The molecule has 0 radical (unpaired) electrons. The molecule has 120 valence electrons. The van der Waals surface area contributed by atoms with Crippen LogP contribution >= 0.6 is 0 Å². The summed E-state index contributed by atoms with van der Waals surface area (Å²) < 4.78 is 32.8. The molecule has 1 aromatic heterocycles. The molecule has 1 atom stereocenters. The number of furan rings is 1. The van der Waals surface area contributed by atoms with Crippen LogP contribution in [0, 0.1) is 0 Å². The van der Waals surface area contributed by atoms with E-state index >= 15 is 0 Å². The summed E-state index contributed by atoms with van der Waals surface area (Å²) >= 11 is 0. The molecule has 1 fully saturated rings. The van der Waals surface area contributed by atoms with E-state index in [2.05, 4.69) is 10.2 Å². The molecular formula is C14H25N3O3S. The summed E-state index contributed by atoms with van der Waals surface area (Å²) in [6.07, 6.45) is 1.64. The Hall–Kier alpha value is -0.890. The lowest BCUT2D eigenvalue weighted by atomic mass is 10.2. The minimum atomic E-state index is -3.56. The topological polar surface area (TPSA) is 65.8 Å². The SMILES string of the molecule is CCC1CN(C)CCCN1S(=O)(=O)c1ccc(CNC)o1. The number of sulfonamides is 1. The van der Waals surface area contributed by atoms with Crippen molar-refractivity contribution in [2.24, 2.45) is 0 Å². The highest BCUT2D eigenvalue weighted by molar-refractivity contribution is 7.89. The molecule has 1 aromatic rings. The van der Waals surface area contributed by atoms with E-state index in [1.54, 1.807) is 23.5 Å². The monoisotopic (exact) mass is 315 g/mol. The fourth-order valence-electron chi connectivity index (χ4n) is 2.75. The van der Waals surface area contributed by atoms with Gasteiger partial charge in [-0.2, -0.15) is 4.31 Å². The smallest absolute Gasteiger partial charge is 0.276 e. The maximum atomic E-state index is 12.8. The first-order valence-electron chi connectivity index (χ1n) is 7.42. The van der Waals surface area contributed by atoms with E-state index < -0.39 is 10.0 Å². The average Bonchev–Trinajstić information content (AvgIpc) is 2.82. The third kappa shape index (κ3) is 3.66. The lowest BCUT2D eigenvalue weighted by Gasteiger charge is -2.28. The van der Waals surface area contributed by atoms with Crippen molar-refractivity contribution in [3.8, 4) is 0 Å². The number of rotatable bonds is 5. The number of nitrogens with one attached hydrogen (secondary N) is 1. The van der Waals surface area contributed by atoms with E-state index in [-0.39, 0.29) is 11.1 Å². The van der Waals surface area contributed by atoms with Crippen molar-refractivity contribution in [1.82, 2.24) is 14.5 Å². The quantitative estimate of drug-likeness (QED) is 0.881. The average molecular weight is 315 g/mol. The van der Waals surface area contributed by atoms with Crippen LogP contribution in [0.2, 0.25) is 0 Å². The van der Waals surface area contributed by atoms with Gasteiger partial charge >= 0.3 is 0 Å². The van der Waals surface area contributed by atoms with Crippen LogP contribution in [0.5, 0.6) is 0 Å². The van der Waals surface area contributed by atoms with Crippen molar-refractivity contribution in [1.29, 1.82) is 0 Å². The zero-order chi connectivity index (χ0) is 15.5. The molecule has 1 N–H and O–H groups in total. The first-order chi connectivity index (χ1) is 9.98. The van der Waals surface area contributed by atoms with Gasteiger partial charge in [-0.05, 0) is 45.6 Å². The van der Waals surface area contributed by atoms with Crippen LogP contribution in [0.4, 0.5) is 0 Å². The van der Waals surface area contributed by atoms with E-state index in [0.717, 1.165) is 25.9 Å². The molecule has 0 saturated carbocycles. The van der Waals surface area contributed by atoms with E-state index in [1.807, 2.05) is 14.0 Å². The Labute approximate surface area is 127 Å². The predicted octanol–water partition coefficient (Wildman–Crippen LogP) is 1.10. The molecule has 1 unspecified atom stereocenters. The van der Waals surface area contributed by atoms with Crippen LogP contribution in [-0.4, -0.2) is 57.4 Å². The summed E-state index contributed by atoms with van der Waals surface area (Å²) in [6, 6.07) is 3.28. The highest BCUT2D eigenvalue weighted by atomic mass is 32.2. The van der Waals surface area contributed by atoms with Gasteiger partial charge in [0.1, 0.15) is 5.76 Å². The van der Waals surface area contributed by atoms with Crippen molar-refractivity contribution in [3.05, 3.63) is 17.9 Å².